The molecule has 0 radical (unpaired) electrons. The number of rotatable bonds is 2. The minimum atomic E-state index is -1.04. The fourth-order valence-electron chi connectivity index (χ4n) is 4.65. The van der Waals surface area contributed by atoms with Gasteiger partial charge in [-0.05, 0) is 62.2 Å². The van der Waals surface area contributed by atoms with Gasteiger partial charge in [0.1, 0.15) is 6.54 Å². The summed E-state index contributed by atoms with van der Waals surface area (Å²) in [6.07, 6.45) is 7.47. The van der Waals surface area contributed by atoms with Crippen LogP contribution in [0.4, 0.5) is 0 Å². The van der Waals surface area contributed by atoms with Crippen molar-refractivity contribution >= 4 is 11.9 Å². The van der Waals surface area contributed by atoms with Crippen LogP contribution in [0.15, 0.2) is 0 Å². The van der Waals surface area contributed by atoms with Crippen LogP contribution in [0.3, 0.4) is 0 Å². The summed E-state index contributed by atoms with van der Waals surface area (Å²) in [6.45, 7) is -0.353. The van der Waals surface area contributed by atoms with Gasteiger partial charge in [0.05, 0.1) is 0 Å². The van der Waals surface area contributed by atoms with Gasteiger partial charge in [0.15, 0.2) is 0 Å². The number of carbonyl (C=O) groups is 2. The van der Waals surface area contributed by atoms with Crippen molar-refractivity contribution in [1.29, 1.82) is 0 Å². The Kier molecular flexibility index (Phi) is 3.00. The Morgan fingerprint density at radius 2 is 1.63 bits per heavy atom. The lowest BCUT2D eigenvalue weighted by Gasteiger charge is -2.54. The topological polar surface area (TPSA) is 66.4 Å². The van der Waals surface area contributed by atoms with E-state index in [2.05, 4.69) is 17.2 Å². The van der Waals surface area contributed by atoms with E-state index in [-0.39, 0.29) is 12.0 Å². The molecule has 4 fully saturated rings. The number of aliphatic carboxylic acids is 1. The maximum atomic E-state index is 11.5. The van der Waals surface area contributed by atoms with Crippen molar-refractivity contribution in [2.24, 2.45) is 23.2 Å². The fourth-order valence-corrected chi connectivity index (χ4v) is 4.65. The molecule has 1 amide bonds. The molecule has 4 heteroatoms. The van der Waals surface area contributed by atoms with E-state index in [9.17, 15) is 9.59 Å². The van der Waals surface area contributed by atoms with Gasteiger partial charge in [-0.3, -0.25) is 9.59 Å². The number of nitrogens with one attached hydrogen (secondary N) is 1. The summed E-state index contributed by atoms with van der Waals surface area (Å²) in [4.78, 5) is 21.9. The molecule has 19 heavy (non-hydrogen) atoms. The minimum absolute atomic E-state index is 0.0509. The summed E-state index contributed by atoms with van der Waals surface area (Å²) in [5.41, 5.74) is 0.0509. The van der Waals surface area contributed by atoms with E-state index in [4.69, 9.17) is 5.11 Å². The Hall–Kier alpha value is -1.50. The SMILES string of the molecule is O=C(O)CNC(=O)C#CC12CC3CC(CC(C3)C1)C2. The van der Waals surface area contributed by atoms with E-state index in [1.807, 2.05) is 0 Å². The predicted molar refractivity (Wildman–Crippen MR) is 69.0 cm³/mol. The van der Waals surface area contributed by atoms with Crippen LogP contribution >= 0.6 is 0 Å². The number of amides is 1. The molecule has 0 atom stereocenters. The lowest BCUT2D eigenvalue weighted by Crippen LogP contribution is -2.45. The van der Waals surface area contributed by atoms with Gasteiger partial charge in [-0.1, -0.05) is 5.92 Å². The van der Waals surface area contributed by atoms with Crippen LogP contribution in [-0.4, -0.2) is 23.5 Å². The number of carboxylic acid groups (broad SMARTS) is 1. The van der Waals surface area contributed by atoms with E-state index < -0.39 is 11.9 Å². The van der Waals surface area contributed by atoms with Crippen molar-refractivity contribution in [1.82, 2.24) is 5.32 Å². The molecule has 4 aliphatic carbocycles. The van der Waals surface area contributed by atoms with E-state index in [1.165, 1.54) is 19.3 Å². The average Bonchev–Trinajstić information content (AvgIpc) is 2.32. The van der Waals surface area contributed by atoms with Crippen LogP contribution in [0.1, 0.15) is 38.5 Å². The third kappa shape index (κ3) is 2.60. The molecule has 4 nitrogen and oxygen atoms in total. The molecule has 0 aliphatic heterocycles. The van der Waals surface area contributed by atoms with Crippen LogP contribution in [-0.2, 0) is 9.59 Å². The standard InChI is InChI=1S/C15H19NO3/c17-13(16-9-14(18)19)1-2-15-6-10-3-11(7-15)5-12(4-10)8-15/h10-12H,3-9H2,(H,16,17)(H,18,19). The molecule has 2 N–H and O–H groups in total. The maximum absolute atomic E-state index is 11.5. The molecule has 0 saturated heterocycles. The first-order valence-corrected chi connectivity index (χ1v) is 7.07. The van der Waals surface area contributed by atoms with Crippen molar-refractivity contribution in [3.63, 3.8) is 0 Å². The summed E-state index contributed by atoms with van der Waals surface area (Å²) in [5, 5.41) is 10.8. The smallest absolute Gasteiger partial charge is 0.323 e. The number of carbonyl (C=O) groups excluding carboxylic acids is 1. The molecule has 0 aromatic heterocycles. The maximum Gasteiger partial charge on any atom is 0.323 e. The zero-order valence-electron chi connectivity index (χ0n) is 10.9. The van der Waals surface area contributed by atoms with Gasteiger partial charge in [-0.25, -0.2) is 0 Å². The second-order valence-corrected chi connectivity index (χ2v) is 6.52. The molecule has 0 spiro atoms. The van der Waals surface area contributed by atoms with E-state index >= 15 is 0 Å². The quantitative estimate of drug-likeness (QED) is 0.739. The van der Waals surface area contributed by atoms with E-state index in [0.29, 0.717) is 0 Å². The second kappa shape index (κ2) is 4.56. The number of hydrogen-bond acceptors (Lipinski definition) is 2. The summed E-state index contributed by atoms with van der Waals surface area (Å²) < 4.78 is 0. The molecule has 4 bridgehead atoms. The van der Waals surface area contributed by atoms with Gasteiger partial charge in [0.2, 0.25) is 0 Å². The third-order valence-electron chi connectivity index (χ3n) is 4.88. The Balaban J connectivity index is 1.66. The lowest BCUT2D eigenvalue weighted by atomic mass is 9.50. The predicted octanol–water partition coefficient (Wildman–Crippen LogP) is 1.41. The van der Waals surface area contributed by atoms with Crippen molar-refractivity contribution in [3.05, 3.63) is 0 Å². The highest BCUT2D eigenvalue weighted by atomic mass is 16.4. The molecule has 4 saturated carbocycles. The molecule has 4 aliphatic rings. The Bertz CT molecular complexity index is 436. The first-order valence-electron chi connectivity index (χ1n) is 7.07. The second-order valence-electron chi connectivity index (χ2n) is 6.52. The van der Waals surface area contributed by atoms with Gasteiger partial charge < -0.3 is 10.4 Å². The van der Waals surface area contributed by atoms with Gasteiger partial charge in [-0.15, -0.1) is 0 Å². The summed E-state index contributed by atoms with van der Waals surface area (Å²) in [5.74, 6) is 6.75. The molecule has 0 heterocycles. The summed E-state index contributed by atoms with van der Waals surface area (Å²) >= 11 is 0. The lowest BCUT2D eigenvalue weighted by molar-refractivity contribution is -0.137. The first-order chi connectivity index (χ1) is 9.05. The molecular weight excluding hydrogens is 242 g/mol. The molecule has 0 unspecified atom stereocenters. The van der Waals surface area contributed by atoms with Crippen LogP contribution in [0, 0.1) is 35.0 Å². The Morgan fingerprint density at radius 3 is 2.11 bits per heavy atom. The van der Waals surface area contributed by atoms with Gasteiger partial charge in [-0.2, -0.15) is 0 Å². The normalized spacial score (nSPS) is 38.4. The monoisotopic (exact) mass is 261 g/mol. The van der Waals surface area contributed by atoms with Gasteiger partial charge in [0.25, 0.3) is 5.91 Å². The molecule has 0 aromatic carbocycles. The van der Waals surface area contributed by atoms with Crippen LogP contribution in [0.25, 0.3) is 0 Å². The highest BCUT2D eigenvalue weighted by molar-refractivity contribution is 5.95. The highest BCUT2D eigenvalue weighted by Crippen LogP contribution is 2.59. The molecular formula is C15H19NO3. The number of carboxylic acids is 1. The van der Waals surface area contributed by atoms with Gasteiger partial charge in [0, 0.05) is 5.41 Å². The third-order valence-corrected chi connectivity index (χ3v) is 4.88. The Morgan fingerprint density at radius 1 is 1.11 bits per heavy atom. The molecule has 4 rings (SSSR count). The first kappa shape index (κ1) is 12.5. The zero-order chi connectivity index (χ0) is 13.5. The van der Waals surface area contributed by atoms with Gasteiger partial charge >= 0.3 is 5.97 Å². The van der Waals surface area contributed by atoms with Crippen LogP contribution < -0.4 is 5.32 Å². The molecule has 0 aromatic rings. The van der Waals surface area contributed by atoms with Crippen LogP contribution in [0.2, 0.25) is 0 Å². The molecule has 102 valence electrons. The van der Waals surface area contributed by atoms with Crippen molar-refractivity contribution in [3.8, 4) is 11.8 Å². The average molecular weight is 261 g/mol. The van der Waals surface area contributed by atoms with Crippen molar-refractivity contribution < 1.29 is 14.7 Å². The minimum Gasteiger partial charge on any atom is -0.480 e. The van der Waals surface area contributed by atoms with Crippen molar-refractivity contribution in [2.45, 2.75) is 38.5 Å². The fraction of sp³-hybridized carbons (Fsp3) is 0.733. The summed E-state index contributed by atoms with van der Waals surface area (Å²) in [7, 11) is 0. The van der Waals surface area contributed by atoms with E-state index in [0.717, 1.165) is 37.0 Å². The largest absolute Gasteiger partial charge is 0.480 e. The summed E-state index contributed by atoms with van der Waals surface area (Å²) in [6, 6.07) is 0. The van der Waals surface area contributed by atoms with E-state index in [1.54, 1.807) is 0 Å². The zero-order valence-corrected chi connectivity index (χ0v) is 10.9. The highest BCUT2D eigenvalue weighted by Gasteiger charge is 2.50. The Labute approximate surface area is 112 Å². The number of hydrogen-bond donors (Lipinski definition) is 2. The van der Waals surface area contributed by atoms with Crippen molar-refractivity contribution in [2.75, 3.05) is 6.54 Å². The van der Waals surface area contributed by atoms with Crippen LogP contribution in [0.5, 0.6) is 0 Å².